The number of nitrogens with one attached hydrogen (secondary N) is 1. The molecule has 3 heterocycles. The number of halogens is 4. The van der Waals surface area contributed by atoms with Crippen molar-refractivity contribution >= 4 is 23.1 Å². The van der Waals surface area contributed by atoms with E-state index in [1.54, 1.807) is 4.90 Å². The highest BCUT2D eigenvalue weighted by Crippen LogP contribution is 2.32. The van der Waals surface area contributed by atoms with Crippen molar-refractivity contribution < 1.29 is 27.1 Å². The summed E-state index contributed by atoms with van der Waals surface area (Å²) >= 11 is 0. The maximum atomic E-state index is 14.5. The van der Waals surface area contributed by atoms with Crippen LogP contribution in [-0.4, -0.2) is 42.2 Å². The molecule has 0 saturated carbocycles. The Hall–Kier alpha value is -2.95. The molecule has 0 bridgehead atoms. The van der Waals surface area contributed by atoms with Crippen LogP contribution in [0.2, 0.25) is 0 Å². The summed E-state index contributed by atoms with van der Waals surface area (Å²) in [6.07, 6.45) is -3.54. The molecule has 1 fully saturated rings. The fraction of sp³-hybridized carbons (Fsp3) is 0.312. The molecule has 0 atom stereocenters. The Labute approximate surface area is 151 Å². The Kier molecular flexibility index (Phi) is 5.13. The number of ether oxygens (including phenoxy) is 1. The van der Waals surface area contributed by atoms with E-state index in [0.717, 1.165) is 24.4 Å². The minimum Gasteiger partial charge on any atom is -0.381 e. The summed E-state index contributed by atoms with van der Waals surface area (Å²) < 4.78 is 58.1. The third-order valence-corrected chi connectivity index (χ3v) is 3.87. The van der Waals surface area contributed by atoms with E-state index >= 15 is 0 Å². The topological polar surface area (TPSA) is 93.4 Å². The van der Waals surface area contributed by atoms with Gasteiger partial charge in [0.15, 0.2) is 11.6 Å². The molecule has 0 aliphatic carbocycles. The number of alkyl halides is 3. The van der Waals surface area contributed by atoms with Crippen molar-refractivity contribution in [3.8, 4) is 0 Å². The van der Waals surface area contributed by atoms with Gasteiger partial charge >= 0.3 is 6.18 Å². The van der Waals surface area contributed by atoms with Gasteiger partial charge in [-0.2, -0.15) is 13.2 Å². The molecule has 1 saturated heterocycles. The lowest BCUT2D eigenvalue weighted by Crippen LogP contribution is -2.37. The van der Waals surface area contributed by atoms with Crippen LogP contribution >= 0.6 is 0 Å². The van der Waals surface area contributed by atoms with Crippen molar-refractivity contribution in [2.75, 3.05) is 42.3 Å². The first-order chi connectivity index (χ1) is 12.8. The average Bonchev–Trinajstić information content (AvgIpc) is 2.65. The van der Waals surface area contributed by atoms with Gasteiger partial charge in [0.2, 0.25) is 0 Å². The summed E-state index contributed by atoms with van der Waals surface area (Å²) in [4.78, 5) is 21.0. The van der Waals surface area contributed by atoms with Crippen molar-refractivity contribution in [2.24, 2.45) is 0 Å². The van der Waals surface area contributed by atoms with Gasteiger partial charge in [0.1, 0.15) is 17.1 Å². The Bertz CT molecular complexity index is 853. The molecule has 2 aromatic rings. The molecule has 0 spiro atoms. The molecule has 0 unspecified atom stereocenters. The quantitative estimate of drug-likeness (QED) is 0.788. The molecule has 1 aliphatic rings. The number of carbonyl (C=O) groups is 1. The number of amides is 1. The van der Waals surface area contributed by atoms with Crippen LogP contribution in [0.25, 0.3) is 0 Å². The molecular formula is C16H15F4N5O2. The van der Waals surface area contributed by atoms with Gasteiger partial charge in [-0.15, -0.1) is 0 Å². The summed E-state index contributed by atoms with van der Waals surface area (Å²) in [5.74, 6) is -2.11. The van der Waals surface area contributed by atoms with E-state index in [1.807, 2.05) is 0 Å². The van der Waals surface area contributed by atoms with Crippen LogP contribution < -0.4 is 16.0 Å². The largest absolute Gasteiger partial charge is 0.433 e. The van der Waals surface area contributed by atoms with Crippen LogP contribution in [0, 0.1) is 5.82 Å². The van der Waals surface area contributed by atoms with Crippen LogP contribution in [0.1, 0.15) is 16.2 Å². The Morgan fingerprint density at radius 3 is 2.63 bits per heavy atom. The number of carbonyl (C=O) groups excluding carboxylic acids is 1. The van der Waals surface area contributed by atoms with Gasteiger partial charge in [0.25, 0.3) is 5.91 Å². The number of nitrogen functional groups attached to an aromatic ring is 1. The van der Waals surface area contributed by atoms with Gasteiger partial charge in [0.05, 0.1) is 25.1 Å². The second-order valence-corrected chi connectivity index (χ2v) is 5.68. The van der Waals surface area contributed by atoms with E-state index in [1.165, 1.54) is 0 Å². The third kappa shape index (κ3) is 4.08. The van der Waals surface area contributed by atoms with Crippen molar-refractivity contribution in [2.45, 2.75) is 6.18 Å². The van der Waals surface area contributed by atoms with Crippen LogP contribution in [0.3, 0.4) is 0 Å². The zero-order valence-electron chi connectivity index (χ0n) is 13.9. The first-order valence-electron chi connectivity index (χ1n) is 7.89. The number of nitrogens with two attached hydrogens (primary N) is 1. The summed E-state index contributed by atoms with van der Waals surface area (Å²) in [5, 5.41) is 2.36. The average molecular weight is 385 g/mol. The molecule has 7 nitrogen and oxygen atoms in total. The van der Waals surface area contributed by atoms with Crippen LogP contribution in [0.15, 0.2) is 24.4 Å². The SMILES string of the molecule is Nc1ncc(NC(=O)c2cccc(C(F)(F)F)n2)c(N2CCOCC2)c1F. The Morgan fingerprint density at radius 2 is 1.96 bits per heavy atom. The van der Waals surface area contributed by atoms with Crippen LogP contribution in [-0.2, 0) is 10.9 Å². The van der Waals surface area contributed by atoms with Crippen LogP contribution in [0.5, 0.6) is 0 Å². The zero-order valence-corrected chi connectivity index (χ0v) is 13.9. The lowest BCUT2D eigenvalue weighted by molar-refractivity contribution is -0.141. The van der Waals surface area contributed by atoms with Gasteiger partial charge in [-0.1, -0.05) is 6.07 Å². The number of anilines is 3. The summed E-state index contributed by atoms with van der Waals surface area (Å²) in [6, 6.07) is 2.94. The smallest absolute Gasteiger partial charge is 0.381 e. The first kappa shape index (κ1) is 18.8. The maximum absolute atomic E-state index is 14.5. The van der Waals surface area contributed by atoms with Gasteiger partial charge in [-0.25, -0.2) is 14.4 Å². The molecule has 11 heteroatoms. The van der Waals surface area contributed by atoms with Gasteiger partial charge in [-0.05, 0) is 12.1 Å². The molecule has 27 heavy (non-hydrogen) atoms. The molecule has 3 N–H and O–H groups in total. The lowest BCUT2D eigenvalue weighted by atomic mass is 10.2. The van der Waals surface area contributed by atoms with E-state index < -0.39 is 29.3 Å². The molecule has 0 radical (unpaired) electrons. The van der Waals surface area contributed by atoms with E-state index in [9.17, 15) is 22.4 Å². The summed E-state index contributed by atoms with van der Waals surface area (Å²) in [7, 11) is 0. The van der Waals surface area contributed by atoms with Gasteiger partial charge < -0.3 is 20.7 Å². The minimum atomic E-state index is -4.69. The highest BCUT2D eigenvalue weighted by molar-refractivity contribution is 6.04. The number of aromatic nitrogens is 2. The van der Waals surface area contributed by atoms with E-state index in [0.29, 0.717) is 26.3 Å². The molecule has 1 amide bonds. The second kappa shape index (κ2) is 7.35. The summed E-state index contributed by atoms with van der Waals surface area (Å²) in [5.41, 5.74) is 3.83. The Morgan fingerprint density at radius 1 is 1.26 bits per heavy atom. The first-order valence-corrected chi connectivity index (χ1v) is 7.89. The van der Waals surface area contributed by atoms with Crippen LogP contribution in [0.4, 0.5) is 34.8 Å². The lowest BCUT2D eigenvalue weighted by Gasteiger charge is -2.30. The van der Waals surface area contributed by atoms with E-state index in [4.69, 9.17) is 10.5 Å². The second-order valence-electron chi connectivity index (χ2n) is 5.68. The predicted octanol–water partition coefficient (Wildman–Crippen LogP) is 2.31. The predicted molar refractivity (Wildman–Crippen MR) is 88.8 cm³/mol. The number of morpholine rings is 1. The van der Waals surface area contributed by atoms with Gasteiger partial charge in [-0.3, -0.25) is 4.79 Å². The number of hydrogen-bond donors (Lipinski definition) is 2. The zero-order chi connectivity index (χ0) is 19.6. The fourth-order valence-corrected chi connectivity index (χ4v) is 2.58. The molecule has 2 aromatic heterocycles. The number of rotatable bonds is 3. The Balaban J connectivity index is 1.91. The number of nitrogens with zero attached hydrogens (tertiary/aromatic N) is 3. The van der Waals surface area contributed by atoms with E-state index in [2.05, 4.69) is 15.3 Å². The van der Waals surface area contributed by atoms with Gasteiger partial charge in [0, 0.05) is 13.1 Å². The van der Waals surface area contributed by atoms with Crippen molar-refractivity contribution in [3.05, 3.63) is 41.6 Å². The van der Waals surface area contributed by atoms with Crippen molar-refractivity contribution in [1.29, 1.82) is 0 Å². The highest BCUT2D eigenvalue weighted by Gasteiger charge is 2.33. The molecule has 144 valence electrons. The molecular weight excluding hydrogens is 370 g/mol. The number of hydrogen-bond acceptors (Lipinski definition) is 6. The minimum absolute atomic E-state index is 0.00567. The molecule has 3 rings (SSSR count). The van der Waals surface area contributed by atoms with Crippen molar-refractivity contribution in [1.82, 2.24) is 9.97 Å². The maximum Gasteiger partial charge on any atom is 0.433 e. The van der Waals surface area contributed by atoms with Crippen molar-refractivity contribution in [3.63, 3.8) is 0 Å². The normalized spacial score (nSPS) is 14.9. The highest BCUT2D eigenvalue weighted by atomic mass is 19.4. The summed E-state index contributed by atoms with van der Waals surface area (Å²) in [6.45, 7) is 1.41. The van der Waals surface area contributed by atoms with E-state index in [-0.39, 0.29) is 17.2 Å². The molecule has 0 aromatic carbocycles. The number of pyridine rings is 2. The fourth-order valence-electron chi connectivity index (χ4n) is 2.58. The molecule has 1 aliphatic heterocycles. The monoisotopic (exact) mass is 385 g/mol. The third-order valence-electron chi connectivity index (χ3n) is 3.87. The standard InChI is InChI=1S/C16H15F4N5O2/c17-12-13(25-4-6-27-7-5-25)10(8-22-14(12)21)24-15(26)9-2-1-3-11(23-9)16(18,19)20/h1-3,8H,4-7H2,(H2,21,22)(H,24,26).